The Balaban J connectivity index is 1.67. The predicted molar refractivity (Wildman–Crippen MR) is 77.0 cm³/mol. The molecule has 0 amide bonds. The topological polar surface area (TPSA) is 6.48 Å². The van der Waals surface area contributed by atoms with Crippen LogP contribution in [-0.4, -0.2) is 31.1 Å². The van der Waals surface area contributed by atoms with Crippen LogP contribution in [-0.2, 0) is 6.54 Å². The highest BCUT2D eigenvalue weighted by atomic mass is 15.1. The number of benzene rings is 1. The van der Waals surface area contributed by atoms with Crippen molar-refractivity contribution in [3.05, 3.63) is 29.8 Å². The van der Waals surface area contributed by atoms with Crippen molar-refractivity contribution < 1.29 is 0 Å². The third-order valence-electron chi connectivity index (χ3n) is 4.24. The summed E-state index contributed by atoms with van der Waals surface area (Å²) in [6, 6.07) is 9.20. The number of likely N-dealkylation sites (tertiary alicyclic amines) is 1. The third kappa shape index (κ3) is 2.86. The Morgan fingerprint density at radius 1 is 0.833 bits per heavy atom. The van der Waals surface area contributed by atoms with Gasteiger partial charge in [0.2, 0.25) is 0 Å². The molecule has 0 atom stereocenters. The molecule has 0 aliphatic carbocycles. The normalized spacial score (nSPS) is 21.4. The van der Waals surface area contributed by atoms with Gasteiger partial charge in [0.25, 0.3) is 0 Å². The number of piperidine rings is 1. The first-order valence-corrected chi connectivity index (χ1v) is 7.48. The van der Waals surface area contributed by atoms with Crippen LogP contribution in [0.3, 0.4) is 0 Å². The van der Waals surface area contributed by atoms with Crippen molar-refractivity contribution in [2.75, 3.05) is 31.1 Å². The largest absolute Gasteiger partial charge is 0.372 e. The van der Waals surface area contributed by atoms with Gasteiger partial charge < -0.3 is 4.90 Å². The molecule has 0 unspecified atom stereocenters. The maximum atomic E-state index is 2.58. The van der Waals surface area contributed by atoms with E-state index in [2.05, 4.69) is 34.1 Å². The minimum absolute atomic E-state index is 1.14. The zero-order valence-electron chi connectivity index (χ0n) is 11.3. The van der Waals surface area contributed by atoms with Crippen LogP contribution in [0.5, 0.6) is 0 Å². The van der Waals surface area contributed by atoms with E-state index < -0.39 is 0 Å². The van der Waals surface area contributed by atoms with Gasteiger partial charge in [-0.3, -0.25) is 4.90 Å². The van der Waals surface area contributed by atoms with E-state index in [1.165, 1.54) is 69.5 Å². The van der Waals surface area contributed by atoms with Gasteiger partial charge in [-0.1, -0.05) is 12.1 Å². The minimum Gasteiger partial charge on any atom is -0.372 e. The molecule has 0 radical (unpaired) electrons. The highest BCUT2D eigenvalue weighted by Gasteiger charge is 2.14. The Labute approximate surface area is 111 Å². The average Bonchev–Trinajstić information content (AvgIpc) is 2.93. The molecule has 2 saturated heterocycles. The average molecular weight is 244 g/mol. The van der Waals surface area contributed by atoms with E-state index in [0.29, 0.717) is 0 Å². The summed E-state index contributed by atoms with van der Waals surface area (Å²) in [5.74, 6) is 0. The molecule has 2 aliphatic heterocycles. The lowest BCUT2D eigenvalue weighted by Gasteiger charge is -2.29. The Kier molecular flexibility index (Phi) is 3.84. The van der Waals surface area contributed by atoms with E-state index >= 15 is 0 Å². The molecule has 18 heavy (non-hydrogen) atoms. The van der Waals surface area contributed by atoms with Gasteiger partial charge in [-0.15, -0.1) is 0 Å². The zero-order chi connectivity index (χ0) is 12.2. The van der Waals surface area contributed by atoms with Crippen molar-refractivity contribution in [2.45, 2.75) is 38.6 Å². The molecule has 2 heterocycles. The Hall–Kier alpha value is -1.02. The first-order valence-electron chi connectivity index (χ1n) is 7.48. The Bertz CT molecular complexity index is 376. The fourth-order valence-electron chi connectivity index (χ4n) is 3.20. The van der Waals surface area contributed by atoms with Crippen LogP contribution in [0.25, 0.3) is 0 Å². The van der Waals surface area contributed by atoms with Crippen LogP contribution in [0, 0.1) is 0 Å². The van der Waals surface area contributed by atoms with Gasteiger partial charge in [-0.2, -0.15) is 0 Å². The fraction of sp³-hybridized carbons (Fsp3) is 0.625. The van der Waals surface area contributed by atoms with Gasteiger partial charge in [-0.25, -0.2) is 0 Å². The van der Waals surface area contributed by atoms with Crippen LogP contribution in [0.2, 0.25) is 0 Å². The van der Waals surface area contributed by atoms with Crippen LogP contribution in [0.15, 0.2) is 24.3 Å². The number of hydrogen-bond acceptors (Lipinski definition) is 2. The molecule has 0 saturated carbocycles. The number of rotatable bonds is 3. The highest BCUT2D eigenvalue weighted by molar-refractivity contribution is 5.48. The Morgan fingerprint density at radius 2 is 1.56 bits per heavy atom. The highest BCUT2D eigenvalue weighted by Crippen LogP contribution is 2.22. The summed E-state index contributed by atoms with van der Waals surface area (Å²) in [7, 11) is 0. The van der Waals surface area contributed by atoms with E-state index in [-0.39, 0.29) is 0 Å². The van der Waals surface area contributed by atoms with Crippen molar-refractivity contribution in [1.29, 1.82) is 0 Å². The molecule has 3 rings (SSSR count). The quantitative estimate of drug-likeness (QED) is 0.805. The summed E-state index contributed by atoms with van der Waals surface area (Å²) < 4.78 is 0. The molecule has 1 aromatic rings. The minimum atomic E-state index is 1.14. The van der Waals surface area contributed by atoms with Crippen LogP contribution < -0.4 is 4.90 Å². The van der Waals surface area contributed by atoms with E-state index in [1.54, 1.807) is 0 Å². The first kappa shape index (κ1) is 12.0. The molecule has 0 bridgehead atoms. The second kappa shape index (κ2) is 5.75. The van der Waals surface area contributed by atoms with E-state index in [0.717, 1.165) is 6.54 Å². The number of hydrogen-bond donors (Lipinski definition) is 0. The summed E-state index contributed by atoms with van der Waals surface area (Å²) >= 11 is 0. The molecule has 98 valence electrons. The molecular formula is C16H24N2. The standard InChI is InChI=1S/C16H24N2/c1-2-11-18(12-3-1)16-8-6-7-15(13-16)14-17-9-4-5-10-17/h6-8,13H,1-5,9-12,14H2. The monoisotopic (exact) mass is 244 g/mol. The number of anilines is 1. The molecule has 2 nitrogen and oxygen atoms in total. The molecular weight excluding hydrogens is 220 g/mol. The summed E-state index contributed by atoms with van der Waals surface area (Å²) in [5, 5.41) is 0. The second-order valence-corrected chi connectivity index (χ2v) is 5.70. The molecule has 2 aliphatic rings. The van der Waals surface area contributed by atoms with Gasteiger partial charge in [0.15, 0.2) is 0 Å². The Morgan fingerprint density at radius 3 is 2.33 bits per heavy atom. The maximum Gasteiger partial charge on any atom is 0.0369 e. The molecule has 1 aromatic carbocycles. The van der Waals surface area contributed by atoms with Gasteiger partial charge in [0.05, 0.1) is 0 Å². The maximum absolute atomic E-state index is 2.58. The van der Waals surface area contributed by atoms with Crippen molar-refractivity contribution in [2.24, 2.45) is 0 Å². The zero-order valence-corrected chi connectivity index (χ0v) is 11.3. The third-order valence-corrected chi connectivity index (χ3v) is 4.24. The van der Waals surface area contributed by atoms with Crippen LogP contribution in [0.1, 0.15) is 37.7 Å². The smallest absolute Gasteiger partial charge is 0.0369 e. The lowest BCUT2D eigenvalue weighted by Crippen LogP contribution is -2.29. The van der Waals surface area contributed by atoms with Crippen molar-refractivity contribution >= 4 is 5.69 Å². The predicted octanol–water partition coefficient (Wildman–Crippen LogP) is 3.27. The van der Waals surface area contributed by atoms with Crippen molar-refractivity contribution in [1.82, 2.24) is 4.90 Å². The molecule has 0 aromatic heterocycles. The second-order valence-electron chi connectivity index (χ2n) is 5.70. The van der Waals surface area contributed by atoms with E-state index in [9.17, 15) is 0 Å². The van der Waals surface area contributed by atoms with E-state index in [1.807, 2.05) is 0 Å². The van der Waals surface area contributed by atoms with Gasteiger partial charge in [0, 0.05) is 25.3 Å². The fourth-order valence-corrected chi connectivity index (χ4v) is 3.20. The molecule has 0 N–H and O–H groups in total. The lowest BCUT2D eigenvalue weighted by atomic mass is 10.1. The first-order chi connectivity index (χ1) is 8.92. The SMILES string of the molecule is c1cc(CN2CCCC2)cc(N2CCCCC2)c1. The van der Waals surface area contributed by atoms with Crippen molar-refractivity contribution in [3.8, 4) is 0 Å². The van der Waals surface area contributed by atoms with Crippen LogP contribution >= 0.6 is 0 Å². The van der Waals surface area contributed by atoms with E-state index in [4.69, 9.17) is 0 Å². The molecule has 2 fully saturated rings. The van der Waals surface area contributed by atoms with Gasteiger partial charge >= 0.3 is 0 Å². The summed E-state index contributed by atoms with van der Waals surface area (Å²) in [6.07, 6.45) is 6.88. The summed E-state index contributed by atoms with van der Waals surface area (Å²) in [4.78, 5) is 5.13. The van der Waals surface area contributed by atoms with Gasteiger partial charge in [0.1, 0.15) is 0 Å². The molecule has 0 spiro atoms. The summed E-state index contributed by atoms with van der Waals surface area (Å²) in [6.45, 7) is 6.20. The van der Waals surface area contributed by atoms with Crippen LogP contribution in [0.4, 0.5) is 5.69 Å². The van der Waals surface area contributed by atoms with Crippen molar-refractivity contribution in [3.63, 3.8) is 0 Å². The number of nitrogens with zero attached hydrogens (tertiary/aromatic N) is 2. The van der Waals surface area contributed by atoms with Gasteiger partial charge in [-0.05, 0) is 62.9 Å². The lowest BCUT2D eigenvalue weighted by molar-refractivity contribution is 0.331. The molecule has 2 heteroatoms. The summed E-state index contributed by atoms with van der Waals surface area (Å²) in [5.41, 5.74) is 2.92.